The van der Waals surface area contributed by atoms with Crippen LogP contribution < -0.4 is 4.74 Å². The molecule has 0 aliphatic heterocycles. The summed E-state index contributed by atoms with van der Waals surface area (Å²) in [4.78, 5) is 0. The number of ether oxygens (including phenoxy) is 1. The number of halogens is 1. The van der Waals surface area contributed by atoms with Crippen LogP contribution in [0.25, 0.3) is 0 Å². The molecular formula is C10H9ClO2. The molecule has 0 aliphatic rings. The molecule has 0 spiro atoms. The van der Waals surface area contributed by atoms with E-state index < -0.39 is 0 Å². The van der Waals surface area contributed by atoms with E-state index >= 15 is 0 Å². The van der Waals surface area contributed by atoms with Gasteiger partial charge in [-0.25, -0.2) is 0 Å². The smallest absolute Gasteiger partial charge is 0.160 e. The van der Waals surface area contributed by atoms with E-state index in [0.29, 0.717) is 5.75 Å². The molecule has 13 heavy (non-hydrogen) atoms. The third kappa shape index (κ3) is 2.57. The number of aromatic hydroxyl groups is 1. The maximum absolute atomic E-state index is 9.36. The minimum absolute atomic E-state index is 0.0869. The van der Waals surface area contributed by atoms with E-state index in [1.807, 2.05) is 0 Å². The van der Waals surface area contributed by atoms with Crippen LogP contribution in [0.5, 0.6) is 11.5 Å². The predicted molar refractivity (Wildman–Crippen MR) is 52.3 cm³/mol. The zero-order chi connectivity index (χ0) is 9.68. The first-order valence-electron chi connectivity index (χ1n) is 3.69. The van der Waals surface area contributed by atoms with Crippen LogP contribution in [0, 0.1) is 11.8 Å². The molecule has 0 heterocycles. The minimum Gasteiger partial charge on any atom is -0.504 e. The Hall–Kier alpha value is -1.33. The summed E-state index contributed by atoms with van der Waals surface area (Å²) in [6, 6.07) is 4.96. The molecule has 1 rings (SSSR count). The Morgan fingerprint density at radius 2 is 2.31 bits per heavy atom. The highest BCUT2D eigenvalue weighted by Crippen LogP contribution is 2.25. The number of rotatable bonds is 1. The molecule has 2 nitrogen and oxygen atoms in total. The van der Waals surface area contributed by atoms with Crippen LogP contribution in [0.2, 0.25) is 0 Å². The number of phenols is 1. The molecule has 0 bridgehead atoms. The van der Waals surface area contributed by atoms with Gasteiger partial charge in [0.05, 0.1) is 13.0 Å². The Kier molecular flexibility index (Phi) is 3.48. The fourth-order valence-electron chi connectivity index (χ4n) is 0.903. The largest absolute Gasteiger partial charge is 0.504 e. The van der Waals surface area contributed by atoms with E-state index in [9.17, 15) is 5.11 Å². The van der Waals surface area contributed by atoms with Crippen molar-refractivity contribution in [3.63, 3.8) is 0 Å². The highest BCUT2D eigenvalue weighted by molar-refractivity contribution is 6.19. The van der Waals surface area contributed by atoms with Gasteiger partial charge in [-0.1, -0.05) is 11.8 Å². The molecule has 0 aromatic heterocycles. The summed E-state index contributed by atoms with van der Waals surface area (Å²) >= 11 is 5.39. The van der Waals surface area contributed by atoms with Gasteiger partial charge < -0.3 is 9.84 Å². The number of phenolic OH excluding ortho intramolecular Hbond substituents is 1. The van der Waals surface area contributed by atoms with Gasteiger partial charge in [0.15, 0.2) is 11.5 Å². The maximum Gasteiger partial charge on any atom is 0.160 e. The second kappa shape index (κ2) is 4.64. The van der Waals surface area contributed by atoms with Crippen molar-refractivity contribution in [3.05, 3.63) is 23.8 Å². The van der Waals surface area contributed by atoms with E-state index in [1.165, 1.54) is 7.11 Å². The van der Waals surface area contributed by atoms with Gasteiger partial charge >= 0.3 is 0 Å². The average molecular weight is 197 g/mol. The lowest BCUT2D eigenvalue weighted by Gasteiger charge is -2.01. The van der Waals surface area contributed by atoms with Gasteiger partial charge in [0, 0.05) is 5.56 Å². The minimum atomic E-state index is 0.0869. The summed E-state index contributed by atoms with van der Waals surface area (Å²) in [5.74, 6) is 6.29. The highest BCUT2D eigenvalue weighted by Gasteiger charge is 1.99. The first-order valence-corrected chi connectivity index (χ1v) is 4.23. The number of hydrogen-bond acceptors (Lipinski definition) is 2. The molecule has 0 amide bonds. The second-order valence-electron chi connectivity index (χ2n) is 2.32. The van der Waals surface area contributed by atoms with Gasteiger partial charge in [0.25, 0.3) is 0 Å². The van der Waals surface area contributed by atoms with Crippen molar-refractivity contribution in [2.75, 3.05) is 13.0 Å². The van der Waals surface area contributed by atoms with Crippen molar-refractivity contribution in [1.82, 2.24) is 0 Å². The van der Waals surface area contributed by atoms with E-state index in [-0.39, 0.29) is 11.6 Å². The second-order valence-corrected chi connectivity index (χ2v) is 2.59. The third-order valence-corrected chi connectivity index (χ3v) is 1.61. The van der Waals surface area contributed by atoms with Gasteiger partial charge in [0.1, 0.15) is 0 Å². The Labute approximate surface area is 82.1 Å². The van der Waals surface area contributed by atoms with E-state index in [4.69, 9.17) is 16.3 Å². The first kappa shape index (κ1) is 9.76. The van der Waals surface area contributed by atoms with Crippen molar-refractivity contribution >= 4 is 11.6 Å². The van der Waals surface area contributed by atoms with Crippen LogP contribution in [0.4, 0.5) is 0 Å². The van der Waals surface area contributed by atoms with Crippen LogP contribution in [0.15, 0.2) is 18.2 Å². The number of benzene rings is 1. The van der Waals surface area contributed by atoms with Gasteiger partial charge in [-0.15, -0.1) is 11.6 Å². The molecule has 0 unspecified atom stereocenters. The average Bonchev–Trinajstić information content (AvgIpc) is 2.15. The first-order chi connectivity index (χ1) is 6.27. The molecule has 0 saturated carbocycles. The SMILES string of the molecule is COc1ccc(C#CCCl)cc1O. The van der Waals surface area contributed by atoms with Crippen LogP contribution in [0.3, 0.4) is 0 Å². The molecule has 0 saturated heterocycles. The Bertz CT molecular complexity index is 350. The molecule has 0 radical (unpaired) electrons. The number of methoxy groups -OCH3 is 1. The molecule has 0 atom stereocenters. The molecule has 1 aromatic rings. The topological polar surface area (TPSA) is 29.5 Å². The van der Waals surface area contributed by atoms with Gasteiger partial charge in [0.2, 0.25) is 0 Å². The van der Waals surface area contributed by atoms with Crippen LogP contribution in [-0.2, 0) is 0 Å². The Morgan fingerprint density at radius 1 is 1.54 bits per heavy atom. The molecule has 3 heteroatoms. The maximum atomic E-state index is 9.36. The van der Waals surface area contributed by atoms with E-state index in [0.717, 1.165) is 5.56 Å². The fraction of sp³-hybridized carbons (Fsp3) is 0.200. The summed E-state index contributed by atoms with van der Waals surface area (Å²) < 4.78 is 4.88. The molecule has 68 valence electrons. The number of hydrogen-bond donors (Lipinski definition) is 1. The van der Waals surface area contributed by atoms with Crippen LogP contribution in [0.1, 0.15) is 5.56 Å². The van der Waals surface area contributed by atoms with Crippen LogP contribution in [-0.4, -0.2) is 18.1 Å². The predicted octanol–water partition coefficient (Wildman–Crippen LogP) is 1.99. The van der Waals surface area contributed by atoms with E-state index in [2.05, 4.69) is 11.8 Å². The van der Waals surface area contributed by atoms with Gasteiger partial charge in [-0.3, -0.25) is 0 Å². The van der Waals surface area contributed by atoms with Crippen molar-refractivity contribution in [3.8, 4) is 23.3 Å². The Morgan fingerprint density at radius 3 is 2.85 bits per heavy atom. The van der Waals surface area contributed by atoms with Crippen molar-refractivity contribution in [2.45, 2.75) is 0 Å². The molecule has 1 N–H and O–H groups in total. The standard InChI is InChI=1S/C10H9ClO2/c1-13-10-5-4-8(3-2-6-11)7-9(10)12/h4-5,7,12H,6H2,1H3. The lowest BCUT2D eigenvalue weighted by Crippen LogP contribution is -1.84. The molecule has 0 fully saturated rings. The Balaban J connectivity index is 2.96. The summed E-state index contributed by atoms with van der Waals surface area (Å²) in [5, 5.41) is 9.36. The zero-order valence-electron chi connectivity index (χ0n) is 7.17. The van der Waals surface area contributed by atoms with Crippen molar-refractivity contribution in [1.29, 1.82) is 0 Å². The normalized spacial score (nSPS) is 8.77. The zero-order valence-corrected chi connectivity index (χ0v) is 7.93. The van der Waals surface area contributed by atoms with E-state index in [1.54, 1.807) is 18.2 Å². The quantitative estimate of drug-likeness (QED) is 0.550. The van der Waals surface area contributed by atoms with Crippen molar-refractivity contribution < 1.29 is 9.84 Å². The molecular weight excluding hydrogens is 188 g/mol. The summed E-state index contributed by atoms with van der Waals surface area (Å²) in [6.45, 7) is 0. The molecule has 0 aliphatic carbocycles. The van der Waals surface area contributed by atoms with Gasteiger partial charge in [-0.05, 0) is 18.2 Å². The summed E-state index contributed by atoms with van der Waals surface area (Å²) in [7, 11) is 1.50. The van der Waals surface area contributed by atoms with Gasteiger partial charge in [-0.2, -0.15) is 0 Å². The summed E-state index contributed by atoms with van der Waals surface area (Å²) in [5.41, 5.74) is 0.721. The van der Waals surface area contributed by atoms with Crippen LogP contribution >= 0.6 is 11.6 Å². The monoisotopic (exact) mass is 196 g/mol. The highest BCUT2D eigenvalue weighted by atomic mass is 35.5. The lowest BCUT2D eigenvalue weighted by atomic mass is 10.2. The third-order valence-electron chi connectivity index (χ3n) is 1.48. The number of alkyl halides is 1. The lowest BCUT2D eigenvalue weighted by molar-refractivity contribution is 0.373. The molecule has 1 aromatic carbocycles. The van der Waals surface area contributed by atoms with Crippen molar-refractivity contribution in [2.24, 2.45) is 0 Å². The fourth-order valence-corrected chi connectivity index (χ4v) is 0.970. The summed E-state index contributed by atoms with van der Waals surface area (Å²) in [6.07, 6.45) is 0.